The first kappa shape index (κ1) is 21.9. The standard InChI is InChI=1S/C21H24Cl2FN7/c1-2-3-7-31-21(26-27-28-31)19(15-5-4-6-16(24)12-15)29-8-10-30(11-9-29)20-17(22)13-25-14-18(20)23/h4-6,12-14,19H,2-3,7-11H2,1H3. The lowest BCUT2D eigenvalue weighted by molar-refractivity contribution is 0.200. The zero-order chi connectivity index (χ0) is 21.8. The lowest BCUT2D eigenvalue weighted by Crippen LogP contribution is -2.48. The Bertz CT molecular complexity index is 1000. The number of anilines is 1. The van der Waals surface area contributed by atoms with Crippen molar-refractivity contribution in [3.63, 3.8) is 0 Å². The normalized spacial score (nSPS) is 15.9. The number of hydrogen-bond acceptors (Lipinski definition) is 6. The van der Waals surface area contributed by atoms with Crippen LogP contribution in [-0.2, 0) is 6.54 Å². The molecule has 3 heterocycles. The third kappa shape index (κ3) is 4.81. The Hall–Kier alpha value is -2.29. The average Bonchev–Trinajstić information content (AvgIpc) is 3.21. The van der Waals surface area contributed by atoms with Gasteiger partial charge in [0.2, 0.25) is 0 Å². The van der Waals surface area contributed by atoms with Gasteiger partial charge in [0.25, 0.3) is 0 Å². The first-order chi connectivity index (χ1) is 15.1. The van der Waals surface area contributed by atoms with Gasteiger partial charge in [-0.15, -0.1) is 5.10 Å². The molecule has 31 heavy (non-hydrogen) atoms. The van der Waals surface area contributed by atoms with Crippen LogP contribution in [0.2, 0.25) is 10.0 Å². The van der Waals surface area contributed by atoms with Crippen molar-refractivity contribution in [1.29, 1.82) is 0 Å². The number of rotatable bonds is 7. The van der Waals surface area contributed by atoms with Crippen molar-refractivity contribution < 1.29 is 4.39 Å². The Morgan fingerprint density at radius 2 is 1.84 bits per heavy atom. The first-order valence-corrected chi connectivity index (χ1v) is 11.1. The van der Waals surface area contributed by atoms with Crippen LogP contribution in [0.4, 0.5) is 10.1 Å². The van der Waals surface area contributed by atoms with Crippen molar-refractivity contribution in [3.8, 4) is 0 Å². The lowest BCUT2D eigenvalue weighted by Gasteiger charge is -2.40. The van der Waals surface area contributed by atoms with Gasteiger partial charge in [0.15, 0.2) is 5.82 Å². The Morgan fingerprint density at radius 3 is 2.52 bits per heavy atom. The fourth-order valence-corrected chi connectivity index (χ4v) is 4.59. The van der Waals surface area contributed by atoms with Gasteiger partial charge in [0.1, 0.15) is 5.82 Å². The second-order valence-electron chi connectivity index (χ2n) is 7.55. The lowest BCUT2D eigenvalue weighted by atomic mass is 10.0. The fraction of sp³-hybridized carbons (Fsp3) is 0.429. The molecule has 1 unspecified atom stereocenters. The van der Waals surface area contributed by atoms with Gasteiger partial charge in [-0.2, -0.15) is 0 Å². The summed E-state index contributed by atoms with van der Waals surface area (Å²) in [6.07, 6.45) is 5.22. The van der Waals surface area contributed by atoms with Crippen molar-refractivity contribution in [2.45, 2.75) is 32.4 Å². The number of benzene rings is 1. The number of piperazine rings is 1. The Labute approximate surface area is 190 Å². The predicted octanol–water partition coefficient (Wildman–Crippen LogP) is 4.23. The smallest absolute Gasteiger partial charge is 0.173 e. The van der Waals surface area contributed by atoms with Gasteiger partial charge in [-0.3, -0.25) is 9.88 Å². The fourth-order valence-electron chi connectivity index (χ4n) is 3.98. The highest BCUT2D eigenvalue weighted by Crippen LogP contribution is 2.35. The van der Waals surface area contributed by atoms with Crippen molar-refractivity contribution >= 4 is 28.9 Å². The van der Waals surface area contributed by atoms with E-state index < -0.39 is 0 Å². The van der Waals surface area contributed by atoms with Crippen LogP contribution in [0, 0.1) is 5.82 Å². The minimum Gasteiger partial charge on any atom is -0.366 e. The van der Waals surface area contributed by atoms with Gasteiger partial charge >= 0.3 is 0 Å². The maximum absolute atomic E-state index is 14.1. The van der Waals surface area contributed by atoms with Gasteiger partial charge < -0.3 is 4.90 Å². The summed E-state index contributed by atoms with van der Waals surface area (Å²) in [7, 11) is 0. The monoisotopic (exact) mass is 463 g/mol. The summed E-state index contributed by atoms with van der Waals surface area (Å²) in [5.41, 5.74) is 1.63. The molecular weight excluding hydrogens is 440 g/mol. The van der Waals surface area contributed by atoms with Gasteiger partial charge in [0, 0.05) is 45.1 Å². The molecule has 1 atom stereocenters. The van der Waals surface area contributed by atoms with Gasteiger partial charge in [-0.05, 0) is 34.5 Å². The second kappa shape index (κ2) is 9.89. The Morgan fingerprint density at radius 1 is 1.10 bits per heavy atom. The van der Waals surface area contributed by atoms with Gasteiger partial charge in [-0.1, -0.05) is 48.7 Å². The van der Waals surface area contributed by atoms with E-state index in [1.54, 1.807) is 24.5 Å². The third-order valence-electron chi connectivity index (χ3n) is 5.52. The highest BCUT2D eigenvalue weighted by Gasteiger charge is 2.31. The molecule has 0 amide bonds. The number of aryl methyl sites for hydroxylation is 1. The summed E-state index contributed by atoms with van der Waals surface area (Å²) in [4.78, 5) is 8.48. The molecule has 4 rings (SSSR count). The van der Waals surface area contributed by atoms with Crippen LogP contribution in [0.15, 0.2) is 36.7 Å². The summed E-state index contributed by atoms with van der Waals surface area (Å²) in [6.45, 7) is 5.72. The van der Waals surface area contributed by atoms with E-state index in [1.165, 1.54) is 6.07 Å². The SMILES string of the molecule is CCCCn1nnnc1C(c1cccc(F)c1)N1CCN(c2c(Cl)cncc2Cl)CC1. The summed E-state index contributed by atoms with van der Waals surface area (Å²) in [5.74, 6) is 0.455. The van der Waals surface area contributed by atoms with E-state index in [0.29, 0.717) is 23.1 Å². The highest BCUT2D eigenvalue weighted by molar-refractivity contribution is 6.38. The van der Waals surface area contributed by atoms with Crippen LogP contribution in [0.3, 0.4) is 0 Å². The summed E-state index contributed by atoms with van der Waals surface area (Å²) >= 11 is 12.7. The molecule has 0 saturated carbocycles. The molecule has 0 N–H and O–H groups in total. The number of unbranched alkanes of at least 4 members (excludes halogenated alkanes) is 1. The molecule has 1 fully saturated rings. The third-order valence-corrected chi connectivity index (χ3v) is 6.07. The molecule has 0 bridgehead atoms. The van der Waals surface area contributed by atoms with E-state index in [2.05, 4.69) is 37.2 Å². The molecule has 10 heteroatoms. The average molecular weight is 464 g/mol. The summed E-state index contributed by atoms with van der Waals surface area (Å²) in [5, 5.41) is 13.5. The minimum atomic E-state index is -0.274. The van der Waals surface area contributed by atoms with Gasteiger partial charge in [0.05, 0.1) is 21.8 Å². The Kier molecular flexibility index (Phi) is 6.99. The summed E-state index contributed by atoms with van der Waals surface area (Å²) < 4.78 is 15.9. The van der Waals surface area contributed by atoms with Crippen LogP contribution in [-0.4, -0.2) is 56.3 Å². The minimum absolute atomic E-state index is 0.243. The molecule has 1 aliphatic heterocycles. The predicted molar refractivity (Wildman–Crippen MR) is 119 cm³/mol. The molecule has 1 aliphatic rings. The molecule has 7 nitrogen and oxygen atoms in total. The van der Waals surface area contributed by atoms with E-state index in [1.807, 2.05) is 10.7 Å². The zero-order valence-corrected chi connectivity index (χ0v) is 18.8. The molecule has 1 saturated heterocycles. The van der Waals surface area contributed by atoms with Crippen LogP contribution in [0.1, 0.15) is 37.2 Å². The molecule has 0 spiro atoms. The van der Waals surface area contributed by atoms with Crippen molar-refractivity contribution in [2.75, 3.05) is 31.1 Å². The summed E-state index contributed by atoms with van der Waals surface area (Å²) in [6, 6.07) is 6.42. The Balaban J connectivity index is 1.61. The van der Waals surface area contributed by atoms with E-state index in [-0.39, 0.29) is 11.9 Å². The van der Waals surface area contributed by atoms with E-state index in [4.69, 9.17) is 23.2 Å². The van der Waals surface area contributed by atoms with Crippen LogP contribution < -0.4 is 4.90 Å². The number of tetrazole rings is 1. The van der Waals surface area contributed by atoms with E-state index in [9.17, 15) is 4.39 Å². The maximum atomic E-state index is 14.1. The van der Waals surface area contributed by atoms with Crippen molar-refractivity contribution in [3.05, 3.63) is 63.9 Å². The molecule has 3 aromatic rings. The first-order valence-electron chi connectivity index (χ1n) is 10.4. The highest BCUT2D eigenvalue weighted by atomic mass is 35.5. The number of halogens is 3. The largest absolute Gasteiger partial charge is 0.366 e. The van der Waals surface area contributed by atoms with Crippen LogP contribution in [0.5, 0.6) is 0 Å². The van der Waals surface area contributed by atoms with E-state index >= 15 is 0 Å². The zero-order valence-electron chi connectivity index (χ0n) is 17.3. The molecule has 164 valence electrons. The van der Waals surface area contributed by atoms with Crippen LogP contribution in [0.25, 0.3) is 0 Å². The number of aromatic nitrogens is 5. The van der Waals surface area contributed by atoms with Crippen LogP contribution >= 0.6 is 23.2 Å². The van der Waals surface area contributed by atoms with Crippen molar-refractivity contribution in [1.82, 2.24) is 30.1 Å². The van der Waals surface area contributed by atoms with Crippen molar-refractivity contribution in [2.24, 2.45) is 0 Å². The molecule has 0 radical (unpaired) electrons. The van der Waals surface area contributed by atoms with Gasteiger partial charge in [-0.25, -0.2) is 9.07 Å². The molecule has 1 aromatic carbocycles. The quantitative estimate of drug-likeness (QED) is 0.522. The molecular formula is C21H24Cl2FN7. The number of hydrogen-bond donors (Lipinski definition) is 0. The number of nitrogens with zero attached hydrogens (tertiary/aromatic N) is 7. The topological polar surface area (TPSA) is 63.0 Å². The maximum Gasteiger partial charge on any atom is 0.173 e. The molecule has 2 aromatic heterocycles. The second-order valence-corrected chi connectivity index (χ2v) is 8.36. The number of pyridine rings is 1. The molecule has 0 aliphatic carbocycles. The van der Waals surface area contributed by atoms with E-state index in [0.717, 1.165) is 49.6 Å².